The molecule has 0 aliphatic heterocycles. The summed E-state index contributed by atoms with van der Waals surface area (Å²) < 4.78 is 0. The molecule has 0 aliphatic carbocycles. The van der Waals surface area contributed by atoms with E-state index in [0.717, 1.165) is 13.0 Å². The standard InChI is InChI=1S/C15H18N2/c16-15(11-13-7-3-1-4-8-13)17-12-14-9-5-2-6-10-14/h1-10,15,17H,11-12,16H2/t15-/m0/s1. The minimum atomic E-state index is -0.00222. The van der Waals surface area contributed by atoms with Crippen LogP contribution in [0.1, 0.15) is 11.1 Å². The monoisotopic (exact) mass is 226 g/mol. The molecular weight excluding hydrogens is 208 g/mol. The molecule has 0 saturated carbocycles. The van der Waals surface area contributed by atoms with Gasteiger partial charge in [0.25, 0.3) is 0 Å². The summed E-state index contributed by atoms with van der Waals surface area (Å²) in [6, 6.07) is 20.6. The lowest BCUT2D eigenvalue weighted by atomic mass is 10.1. The molecule has 2 aromatic rings. The molecule has 0 unspecified atom stereocenters. The van der Waals surface area contributed by atoms with Crippen LogP contribution in [0.4, 0.5) is 0 Å². The van der Waals surface area contributed by atoms with E-state index in [1.807, 2.05) is 36.4 Å². The van der Waals surface area contributed by atoms with Crippen molar-refractivity contribution in [3.8, 4) is 0 Å². The highest BCUT2D eigenvalue weighted by molar-refractivity contribution is 5.16. The van der Waals surface area contributed by atoms with Crippen LogP contribution in [0.5, 0.6) is 0 Å². The van der Waals surface area contributed by atoms with Gasteiger partial charge in [0.15, 0.2) is 0 Å². The van der Waals surface area contributed by atoms with Gasteiger partial charge in [-0.2, -0.15) is 0 Å². The molecule has 0 heterocycles. The second-order valence-corrected chi connectivity index (χ2v) is 4.16. The Morgan fingerprint density at radius 2 is 1.35 bits per heavy atom. The van der Waals surface area contributed by atoms with E-state index >= 15 is 0 Å². The number of hydrogen-bond donors (Lipinski definition) is 2. The molecule has 17 heavy (non-hydrogen) atoms. The van der Waals surface area contributed by atoms with Crippen molar-refractivity contribution in [3.05, 3.63) is 71.8 Å². The third kappa shape index (κ3) is 4.02. The fraction of sp³-hybridized carbons (Fsp3) is 0.200. The highest BCUT2D eigenvalue weighted by atomic mass is 15.0. The number of hydrogen-bond acceptors (Lipinski definition) is 2. The average molecular weight is 226 g/mol. The summed E-state index contributed by atoms with van der Waals surface area (Å²) >= 11 is 0. The maximum Gasteiger partial charge on any atom is 0.0590 e. The summed E-state index contributed by atoms with van der Waals surface area (Å²) in [5, 5.41) is 3.33. The van der Waals surface area contributed by atoms with E-state index in [-0.39, 0.29) is 6.17 Å². The molecule has 88 valence electrons. The average Bonchev–Trinajstić information content (AvgIpc) is 2.39. The van der Waals surface area contributed by atoms with Gasteiger partial charge in [-0.3, -0.25) is 5.32 Å². The van der Waals surface area contributed by atoms with Crippen molar-refractivity contribution >= 4 is 0 Å². The van der Waals surface area contributed by atoms with Gasteiger partial charge >= 0.3 is 0 Å². The Hall–Kier alpha value is -1.64. The third-order valence-corrected chi connectivity index (χ3v) is 2.71. The fourth-order valence-electron chi connectivity index (χ4n) is 1.79. The first-order valence-corrected chi connectivity index (χ1v) is 5.91. The van der Waals surface area contributed by atoms with Crippen LogP contribution in [0.3, 0.4) is 0 Å². The maximum absolute atomic E-state index is 6.04. The van der Waals surface area contributed by atoms with Crippen LogP contribution in [-0.4, -0.2) is 6.17 Å². The van der Waals surface area contributed by atoms with Crippen molar-refractivity contribution in [2.45, 2.75) is 19.1 Å². The van der Waals surface area contributed by atoms with Crippen molar-refractivity contribution in [3.63, 3.8) is 0 Å². The summed E-state index contributed by atoms with van der Waals surface area (Å²) in [5.41, 5.74) is 8.57. The number of nitrogens with one attached hydrogen (secondary N) is 1. The minimum Gasteiger partial charge on any atom is -0.316 e. The van der Waals surface area contributed by atoms with Gasteiger partial charge in [0, 0.05) is 13.0 Å². The molecule has 0 spiro atoms. The van der Waals surface area contributed by atoms with Gasteiger partial charge in [0.2, 0.25) is 0 Å². The largest absolute Gasteiger partial charge is 0.316 e. The van der Waals surface area contributed by atoms with Crippen LogP contribution in [-0.2, 0) is 13.0 Å². The normalized spacial score (nSPS) is 12.3. The highest BCUT2D eigenvalue weighted by Crippen LogP contribution is 2.02. The molecule has 2 nitrogen and oxygen atoms in total. The lowest BCUT2D eigenvalue weighted by Crippen LogP contribution is -2.38. The molecule has 2 rings (SSSR count). The first-order chi connectivity index (χ1) is 8.34. The van der Waals surface area contributed by atoms with E-state index in [0.29, 0.717) is 0 Å². The van der Waals surface area contributed by atoms with Gasteiger partial charge in [-0.1, -0.05) is 60.7 Å². The van der Waals surface area contributed by atoms with Crippen LogP contribution in [0, 0.1) is 0 Å². The van der Waals surface area contributed by atoms with Crippen LogP contribution < -0.4 is 11.1 Å². The van der Waals surface area contributed by atoms with Crippen LogP contribution >= 0.6 is 0 Å². The van der Waals surface area contributed by atoms with Gasteiger partial charge in [0.05, 0.1) is 6.17 Å². The van der Waals surface area contributed by atoms with Crippen LogP contribution in [0.25, 0.3) is 0 Å². The Kier molecular flexibility index (Phi) is 4.30. The molecule has 2 heteroatoms. The van der Waals surface area contributed by atoms with E-state index < -0.39 is 0 Å². The molecule has 1 atom stereocenters. The zero-order valence-corrected chi connectivity index (χ0v) is 9.84. The lowest BCUT2D eigenvalue weighted by Gasteiger charge is -2.13. The first-order valence-electron chi connectivity index (χ1n) is 5.91. The van der Waals surface area contributed by atoms with Gasteiger partial charge in [-0.05, 0) is 11.1 Å². The van der Waals surface area contributed by atoms with E-state index in [1.165, 1.54) is 11.1 Å². The molecular formula is C15H18N2. The van der Waals surface area contributed by atoms with Gasteiger partial charge in [-0.15, -0.1) is 0 Å². The minimum absolute atomic E-state index is 0.00222. The number of nitrogens with two attached hydrogens (primary N) is 1. The Balaban J connectivity index is 1.80. The summed E-state index contributed by atoms with van der Waals surface area (Å²) in [5.74, 6) is 0. The highest BCUT2D eigenvalue weighted by Gasteiger charge is 2.02. The maximum atomic E-state index is 6.04. The van der Waals surface area contributed by atoms with E-state index in [1.54, 1.807) is 0 Å². The van der Waals surface area contributed by atoms with E-state index in [9.17, 15) is 0 Å². The van der Waals surface area contributed by atoms with Crippen molar-refractivity contribution in [1.29, 1.82) is 0 Å². The molecule has 0 aliphatic rings. The molecule has 0 aromatic heterocycles. The van der Waals surface area contributed by atoms with Crippen LogP contribution in [0.2, 0.25) is 0 Å². The molecule has 0 fully saturated rings. The quantitative estimate of drug-likeness (QED) is 0.768. The first kappa shape index (κ1) is 11.8. The molecule has 2 aromatic carbocycles. The summed E-state index contributed by atoms with van der Waals surface area (Å²) in [7, 11) is 0. The molecule has 0 bridgehead atoms. The van der Waals surface area contributed by atoms with E-state index in [2.05, 4.69) is 29.6 Å². The fourth-order valence-corrected chi connectivity index (χ4v) is 1.79. The smallest absolute Gasteiger partial charge is 0.0590 e. The third-order valence-electron chi connectivity index (χ3n) is 2.71. The second-order valence-electron chi connectivity index (χ2n) is 4.16. The lowest BCUT2D eigenvalue weighted by molar-refractivity contribution is 0.524. The van der Waals surface area contributed by atoms with E-state index in [4.69, 9.17) is 5.73 Å². The van der Waals surface area contributed by atoms with Crippen molar-refractivity contribution in [2.75, 3.05) is 0 Å². The Bertz CT molecular complexity index is 425. The summed E-state index contributed by atoms with van der Waals surface area (Å²) in [6.07, 6.45) is 0.853. The van der Waals surface area contributed by atoms with Gasteiger partial charge in [-0.25, -0.2) is 0 Å². The predicted molar refractivity (Wildman–Crippen MR) is 71.4 cm³/mol. The molecule has 3 N–H and O–H groups in total. The van der Waals surface area contributed by atoms with Gasteiger partial charge in [0.1, 0.15) is 0 Å². The topological polar surface area (TPSA) is 38.0 Å². The van der Waals surface area contributed by atoms with Gasteiger partial charge < -0.3 is 5.73 Å². The molecule has 0 saturated heterocycles. The SMILES string of the molecule is N[C@H](Cc1ccccc1)NCc1ccccc1. The number of rotatable bonds is 5. The zero-order valence-electron chi connectivity index (χ0n) is 9.84. The summed E-state index contributed by atoms with van der Waals surface area (Å²) in [6.45, 7) is 0.814. The van der Waals surface area contributed by atoms with Crippen molar-refractivity contribution in [1.82, 2.24) is 5.32 Å². The summed E-state index contributed by atoms with van der Waals surface area (Å²) in [4.78, 5) is 0. The zero-order chi connectivity index (χ0) is 11.9. The van der Waals surface area contributed by atoms with Crippen molar-refractivity contribution in [2.24, 2.45) is 5.73 Å². The molecule has 0 amide bonds. The number of benzene rings is 2. The predicted octanol–water partition coefficient (Wildman–Crippen LogP) is 2.30. The van der Waals surface area contributed by atoms with Crippen molar-refractivity contribution < 1.29 is 0 Å². The molecule has 0 radical (unpaired) electrons. The second kappa shape index (κ2) is 6.18. The Morgan fingerprint density at radius 1 is 0.824 bits per heavy atom. The Labute approximate surface area is 102 Å². The Morgan fingerprint density at radius 3 is 1.94 bits per heavy atom. The van der Waals surface area contributed by atoms with Crippen LogP contribution in [0.15, 0.2) is 60.7 Å².